The van der Waals surface area contributed by atoms with Gasteiger partial charge < -0.3 is 10.3 Å². The minimum absolute atomic E-state index is 0.602. The maximum Gasteiger partial charge on any atom is 0.0486 e. The van der Waals surface area contributed by atoms with Crippen LogP contribution < -0.4 is 5.73 Å². The van der Waals surface area contributed by atoms with Gasteiger partial charge in [-0.2, -0.15) is 0 Å². The molecule has 1 aromatic heterocycles. The molecule has 0 atom stereocenters. The molecule has 2 rings (SSSR count). The third-order valence-corrected chi connectivity index (χ3v) is 3.57. The number of nitrogens with zero attached hydrogens (tertiary/aromatic N) is 1. The lowest BCUT2D eigenvalue weighted by atomic mass is 10.1. The average Bonchev–Trinajstić information content (AvgIpc) is 2.58. The van der Waals surface area contributed by atoms with Crippen LogP contribution in [0, 0.1) is 27.7 Å². The van der Waals surface area contributed by atoms with Crippen molar-refractivity contribution in [2.24, 2.45) is 5.73 Å². The second-order valence-corrected chi connectivity index (χ2v) is 4.65. The van der Waals surface area contributed by atoms with E-state index in [1.807, 2.05) is 0 Å². The van der Waals surface area contributed by atoms with Gasteiger partial charge in [-0.1, -0.05) is 12.1 Å². The summed E-state index contributed by atoms with van der Waals surface area (Å²) in [7, 11) is 0. The van der Waals surface area contributed by atoms with Crippen LogP contribution in [0.2, 0.25) is 0 Å². The zero-order valence-electron chi connectivity index (χ0n) is 11.0. The van der Waals surface area contributed by atoms with Crippen molar-refractivity contribution in [1.82, 2.24) is 4.57 Å². The third-order valence-electron chi connectivity index (χ3n) is 3.57. The molecule has 2 heteroatoms. The summed E-state index contributed by atoms with van der Waals surface area (Å²) in [5.74, 6) is 0. The minimum atomic E-state index is 0.602. The summed E-state index contributed by atoms with van der Waals surface area (Å²) in [6.07, 6.45) is 0. The molecule has 2 nitrogen and oxygen atoms in total. The van der Waals surface area contributed by atoms with Crippen LogP contribution in [0.1, 0.15) is 28.1 Å². The van der Waals surface area contributed by atoms with Crippen LogP contribution in [0.3, 0.4) is 0 Å². The van der Waals surface area contributed by atoms with Gasteiger partial charge in [0.15, 0.2) is 0 Å². The fourth-order valence-corrected chi connectivity index (χ4v) is 2.38. The predicted octanol–water partition coefficient (Wildman–Crippen LogP) is 3.17. The van der Waals surface area contributed by atoms with Crippen molar-refractivity contribution < 1.29 is 0 Å². The Morgan fingerprint density at radius 2 is 1.82 bits per heavy atom. The second-order valence-electron chi connectivity index (χ2n) is 4.65. The second kappa shape index (κ2) is 4.38. The van der Waals surface area contributed by atoms with Gasteiger partial charge in [0.25, 0.3) is 0 Å². The zero-order valence-corrected chi connectivity index (χ0v) is 11.0. The van der Waals surface area contributed by atoms with Crippen molar-refractivity contribution in [2.45, 2.75) is 34.2 Å². The van der Waals surface area contributed by atoms with E-state index >= 15 is 0 Å². The Bertz CT molecular complexity index is 550. The van der Waals surface area contributed by atoms with E-state index in [0.29, 0.717) is 6.54 Å². The van der Waals surface area contributed by atoms with Crippen molar-refractivity contribution in [1.29, 1.82) is 0 Å². The molecule has 0 saturated heterocycles. The lowest BCUT2D eigenvalue weighted by Gasteiger charge is -2.14. The molecule has 0 spiro atoms. The molecule has 0 unspecified atom stereocenters. The summed E-state index contributed by atoms with van der Waals surface area (Å²) in [6.45, 7) is 9.19. The summed E-state index contributed by atoms with van der Waals surface area (Å²) in [5, 5.41) is 0. The van der Waals surface area contributed by atoms with Crippen molar-refractivity contribution >= 4 is 0 Å². The molecule has 0 aliphatic carbocycles. The fraction of sp³-hybridized carbons (Fsp3) is 0.333. The number of rotatable bonds is 2. The monoisotopic (exact) mass is 228 g/mol. The minimum Gasteiger partial charge on any atom is -0.326 e. The van der Waals surface area contributed by atoms with E-state index in [4.69, 9.17) is 5.73 Å². The summed E-state index contributed by atoms with van der Waals surface area (Å²) in [4.78, 5) is 0. The van der Waals surface area contributed by atoms with Crippen molar-refractivity contribution in [3.8, 4) is 5.69 Å². The van der Waals surface area contributed by atoms with Crippen molar-refractivity contribution in [3.63, 3.8) is 0 Å². The highest BCUT2D eigenvalue weighted by atomic mass is 15.0. The van der Waals surface area contributed by atoms with Gasteiger partial charge in [-0.05, 0) is 56.5 Å². The molecule has 0 fully saturated rings. The Kier molecular flexibility index (Phi) is 3.07. The maximum absolute atomic E-state index is 5.77. The molecule has 90 valence electrons. The van der Waals surface area contributed by atoms with Crippen LogP contribution in [0.25, 0.3) is 5.69 Å². The van der Waals surface area contributed by atoms with E-state index in [0.717, 1.165) is 0 Å². The highest BCUT2D eigenvalue weighted by molar-refractivity contribution is 5.49. The van der Waals surface area contributed by atoms with E-state index in [2.05, 4.69) is 56.5 Å². The summed E-state index contributed by atoms with van der Waals surface area (Å²) in [5.41, 5.74) is 13.4. The van der Waals surface area contributed by atoms with Gasteiger partial charge in [0.2, 0.25) is 0 Å². The lowest BCUT2D eigenvalue weighted by Crippen LogP contribution is -2.04. The smallest absolute Gasteiger partial charge is 0.0486 e. The van der Waals surface area contributed by atoms with Gasteiger partial charge in [0.05, 0.1) is 0 Å². The fourth-order valence-electron chi connectivity index (χ4n) is 2.38. The van der Waals surface area contributed by atoms with Gasteiger partial charge >= 0.3 is 0 Å². The molecular weight excluding hydrogens is 208 g/mol. The molecular formula is C15H20N2. The van der Waals surface area contributed by atoms with Gasteiger partial charge in [-0.25, -0.2) is 0 Å². The number of hydrogen-bond acceptors (Lipinski definition) is 1. The molecule has 0 aliphatic heterocycles. The first-order chi connectivity index (χ1) is 8.06. The average molecular weight is 228 g/mol. The molecule has 0 bridgehead atoms. The van der Waals surface area contributed by atoms with Gasteiger partial charge in [-0.3, -0.25) is 0 Å². The first kappa shape index (κ1) is 11.9. The number of hydrogen-bond donors (Lipinski definition) is 1. The topological polar surface area (TPSA) is 30.9 Å². The Labute approximate surface area is 103 Å². The number of benzene rings is 1. The first-order valence-electron chi connectivity index (χ1n) is 6.00. The highest BCUT2D eigenvalue weighted by Crippen LogP contribution is 2.24. The van der Waals surface area contributed by atoms with E-state index in [1.165, 1.54) is 33.8 Å². The lowest BCUT2D eigenvalue weighted by molar-refractivity contribution is 0.932. The largest absolute Gasteiger partial charge is 0.326 e. The first-order valence-corrected chi connectivity index (χ1v) is 6.00. The van der Waals surface area contributed by atoms with Crippen LogP contribution in [0.5, 0.6) is 0 Å². The van der Waals surface area contributed by atoms with E-state index in [-0.39, 0.29) is 0 Å². The predicted molar refractivity (Wildman–Crippen MR) is 72.6 cm³/mol. The molecule has 0 aliphatic rings. The van der Waals surface area contributed by atoms with Crippen LogP contribution in [0.15, 0.2) is 24.3 Å². The summed E-state index contributed by atoms with van der Waals surface area (Å²) < 4.78 is 2.30. The molecule has 0 amide bonds. The Balaban J connectivity index is 2.68. The Hall–Kier alpha value is -1.54. The van der Waals surface area contributed by atoms with Crippen LogP contribution in [-0.2, 0) is 6.54 Å². The quantitative estimate of drug-likeness (QED) is 0.841. The summed E-state index contributed by atoms with van der Waals surface area (Å²) >= 11 is 0. The van der Waals surface area contributed by atoms with E-state index < -0.39 is 0 Å². The zero-order chi connectivity index (χ0) is 12.6. The Morgan fingerprint density at radius 3 is 2.41 bits per heavy atom. The molecule has 0 saturated carbocycles. The van der Waals surface area contributed by atoms with Crippen LogP contribution in [-0.4, -0.2) is 4.57 Å². The van der Waals surface area contributed by atoms with Crippen LogP contribution >= 0.6 is 0 Å². The standard InChI is InChI=1S/C15H20N2/c1-10-6-5-7-15(12(10)3)17-11(2)8-14(9-16)13(17)4/h5-8H,9,16H2,1-4H3. The number of aryl methyl sites for hydroxylation is 2. The van der Waals surface area contributed by atoms with Crippen molar-refractivity contribution in [3.05, 3.63) is 52.3 Å². The highest BCUT2D eigenvalue weighted by Gasteiger charge is 2.11. The SMILES string of the molecule is Cc1cccc(-n2c(C)cc(CN)c2C)c1C. The Morgan fingerprint density at radius 1 is 1.12 bits per heavy atom. The maximum atomic E-state index is 5.77. The molecule has 2 aromatic rings. The van der Waals surface area contributed by atoms with E-state index in [9.17, 15) is 0 Å². The van der Waals surface area contributed by atoms with Crippen LogP contribution in [0.4, 0.5) is 0 Å². The van der Waals surface area contributed by atoms with Gasteiger partial charge in [-0.15, -0.1) is 0 Å². The van der Waals surface area contributed by atoms with Gasteiger partial charge in [0.1, 0.15) is 0 Å². The number of nitrogens with two attached hydrogens (primary N) is 1. The normalized spacial score (nSPS) is 10.9. The summed E-state index contributed by atoms with van der Waals surface area (Å²) in [6, 6.07) is 8.61. The third kappa shape index (κ3) is 1.89. The van der Waals surface area contributed by atoms with E-state index in [1.54, 1.807) is 0 Å². The van der Waals surface area contributed by atoms with Gasteiger partial charge in [0, 0.05) is 23.6 Å². The molecule has 1 heterocycles. The van der Waals surface area contributed by atoms with Crippen molar-refractivity contribution in [2.75, 3.05) is 0 Å². The molecule has 1 aromatic carbocycles. The molecule has 0 radical (unpaired) electrons. The molecule has 2 N–H and O–H groups in total. The number of aromatic nitrogens is 1. The molecule has 17 heavy (non-hydrogen) atoms.